The highest BCUT2D eigenvalue weighted by atomic mass is 19.1. The summed E-state index contributed by atoms with van der Waals surface area (Å²) < 4.78 is 19.5. The maximum Gasteiger partial charge on any atom is 0.237 e. The number of aliphatic hydroxyl groups is 1. The van der Waals surface area contributed by atoms with E-state index in [9.17, 15) is 9.50 Å². The minimum atomic E-state index is -1.43. The third-order valence-corrected chi connectivity index (χ3v) is 4.13. The van der Waals surface area contributed by atoms with E-state index in [1.807, 2.05) is 4.68 Å². The smallest absolute Gasteiger partial charge is 0.237 e. The molecular weight excluding hydrogens is 329 g/mol. The van der Waals surface area contributed by atoms with Crippen LogP contribution in [0.25, 0.3) is 11.2 Å². The van der Waals surface area contributed by atoms with E-state index in [2.05, 4.69) is 30.6 Å². The SMILES string of the molecule is CC(F)Oc1cc(Nc2cnc3cnn([C@H]4CC[C@@H](O)C4)c3n2)n[nH]1. The Hall–Kier alpha value is -2.75. The van der Waals surface area contributed by atoms with Crippen LogP contribution in [0.1, 0.15) is 32.2 Å². The van der Waals surface area contributed by atoms with Crippen LogP contribution in [0.3, 0.4) is 0 Å². The van der Waals surface area contributed by atoms with E-state index in [4.69, 9.17) is 4.74 Å². The summed E-state index contributed by atoms with van der Waals surface area (Å²) in [6, 6.07) is 1.65. The Morgan fingerprint density at radius 2 is 2.28 bits per heavy atom. The van der Waals surface area contributed by atoms with Gasteiger partial charge in [-0.25, -0.2) is 24.1 Å². The molecule has 132 valence electrons. The lowest BCUT2D eigenvalue weighted by atomic mass is 10.2. The van der Waals surface area contributed by atoms with E-state index >= 15 is 0 Å². The third-order valence-electron chi connectivity index (χ3n) is 4.13. The summed E-state index contributed by atoms with van der Waals surface area (Å²) in [5.41, 5.74) is 1.33. The first-order valence-corrected chi connectivity index (χ1v) is 8.10. The van der Waals surface area contributed by atoms with Crippen molar-refractivity contribution in [1.82, 2.24) is 29.9 Å². The molecule has 0 radical (unpaired) electrons. The summed E-state index contributed by atoms with van der Waals surface area (Å²) in [4.78, 5) is 8.89. The molecule has 3 aromatic rings. The molecule has 0 saturated heterocycles. The molecule has 1 aliphatic rings. The van der Waals surface area contributed by atoms with Crippen LogP contribution in [0.5, 0.6) is 5.88 Å². The van der Waals surface area contributed by atoms with E-state index in [1.165, 1.54) is 13.0 Å². The molecule has 1 saturated carbocycles. The van der Waals surface area contributed by atoms with Crippen molar-refractivity contribution in [3.05, 3.63) is 18.5 Å². The Bertz CT molecular complexity index is 878. The summed E-state index contributed by atoms with van der Waals surface area (Å²) in [5.74, 6) is 1.14. The highest BCUT2D eigenvalue weighted by Crippen LogP contribution is 2.31. The molecule has 0 aromatic carbocycles. The lowest BCUT2D eigenvalue weighted by Gasteiger charge is -2.11. The fourth-order valence-corrected chi connectivity index (χ4v) is 3.04. The first-order valence-electron chi connectivity index (χ1n) is 8.10. The standard InChI is InChI=1S/C15H18FN7O2/c1-8(16)25-14-5-12(21-22-14)19-13-7-17-11-6-18-23(15(11)20-13)9-2-3-10(24)4-9/h5-10,24H,2-4H2,1H3,(H2,19,20,21,22)/t8?,9-,10+/m0/s1. The van der Waals surface area contributed by atoms with E-state index in [0.29, 0.717) is 29.2 Å². The predicted octanol–water partition coefficient (Wildman–Crippen LogP) is 2.07. The number of rotatable bonds is 5. The zero-order valence-corrected chi connectivity index (χ0v) is 13.6. The van der Waals surface area contributed by atoms with Crippen LogP contribution in [0, 0.1) is 0 Å². The van der Waals surface area contributed by atoms with E-state index in [-0.39, 0.29) is 18.0 Å². The largest absolute Gasteiger partial charge is 0.444 e. The lowest BCUT2D eigenvalue weighted by molar-refractivity contribution is 0.0809. The Kier molecular flexibility index (Phi) is 3.96. The topological polar surface area (TPSA) is 114 Å². The van der Waals surface area contributed by atoms with Crippen LogP contribution in [-0.2, 0) is 0 Å². The number of aliphatic hydroxyl groups excluding tert-OH is 1. The number of anilines is 2. The number of nitrogens with one attached hydrogen (secondary N) is 2. The van der Waals surface area contributed by atoms with Crippen LogP contribution < -0.4 is 10.1 Å². The summed E-state index contributed by atoms with van der Waals surface area (Å²) in [6.45, 7) is 1.29. The second-order valence-electron chi connectivity index (χ2n) is 6.08. The number of fused-ring (bicyclic) bond motifs is 1. The first kappa shape index (κ1) is 15.8. The zero-order chi connectivity index (χ0) is 17.4. The van der Waals surface area contributed by atoms with Crippen molar-refractivity contribution in [3.63, 3.8) is 0 Å². The maximum atomic E-state index is 12.8. The van der Waals surface area contributed by atoms with Gasteiger partial charge in [-0.1, -0.05) is 0 Å². The summed E-state index contributed by atoms with van der Waals surface area (Å²) >= 11 is 0. The van der Waals surface area contributed by atoms with Crippen molar-refractivity contribution in [1.29, 1.82) is 0 Å². The summed E-state index contributed by atoms with van der Waals surface area (Å²) in [6.07, 6.45) is 3.81. The number of aromatic amines is 1. The fourth-order valence-electron chi connectivity index (χ4n) is 3.04. The minimum Gasteiger partial charge on any atom is -0.444 e. The second-order valence-corrected chi connectivity index (χ2v) is 6.08. The van der Waals surface area contributed by atoms with E-state index in [0.717, 1.165) is 12.8 Å². The van der Waals surface area contributed by atoms with Gasteiger partial charge < -0.3 is 15.2 Å². The van der Waals surface area contributed by atoms with Gasteiger partial charge in [0, 0.05) is 13.0 Å². The number of ether oxygens (including phenoxy) is 1. The van der Waals surface area contributed by atoms with E-state index in [1.54, 1.807) is 12.4 Å². The molecule has 0 bridgehead atoms. The highest BCUT2D eigenvalue weighted by Gasteiger charge is 2.26. The van der Waals surface area contributed by atoms with Crippen molar-refractivity contribution < 1.29 is 14.2 Å². The molecule has 0 aliphatic heterocycles. The monoisotopic (exact) mass is 347 g/mol. The van der Waals surface area contributed by atoms with Gasteiger partial charge >= 0.3 is 0 Å². The van der Waals surface area contributed by atoms with Gasteiger partial charge in [0.1, 0.15) is 5.52 Å². The average molecular weight is 347 g/mol. The molecule has 4 rings (SSSR count). The molecule has 10 heteroatoms. The normalized spacial score (nSPS) is 21.6. The lowest BCUT2D eigenvalue weighted by Crippen LogP contribution is -2.10. The minimum absolute atomic E-state index is 0.119. The van der Waals surface area contributed by atoms with Gasteiger partial charge in [0.05, 0.1) is 24.5 Å². The number of aromatic nitrogens is 6. The molecule has 3 heterocycles. The zero-order valence-electron chi connectivity index (χ0n) is 13.6. The molecule has 3 atom stereocenters. The van der Waals surface area contributed by atoms with Crippen LogP contribution in [0.4, 0.5) is 16.0 Å². The molecule has 3 N–H and O–H groups in total. The predicted molar refractivity (Wildman–Crippen MR) is 87.3 cm³/mol. The number of alkyl halides is 1. The number of hydrogen-bond acceptors (Lipinski definition) is 7. The number of nitrogens with zero attached hydrogens (tertiary/aromatic N) is 5. The first-order chi connectivity index (χ1) is 12.1. The molecule has 1 unspecified atom stereocenters. The highest BCUT2D eigenvalue weighted by molar-refractivity contribution is 5.72. The maximum absolute atomic E-state index is 12.8. The van der Waals surface area contributed by atoms with Crippen molar-refractivity contribution in [2.75, 3.05) is 5.32 Å². The molecule has 25 heavy (non-hydrogen) atoms. The number of halogens is 1. The van der Waals surface area contributed by atoms with Gasteiger partial charge in [0.15, 0.2) is 17.3 Å². The van der Waals surface area contributed by atoms with Crippen LogP contribution in [-0.4, -0.2) is 47.5 Å². The molecule has 1 fully saturated rings. The average Bonchev–Trinajstić information content (AvgIpc) is 3.27. The third kappa shape index (κ3) is 3.25. The van der Waals surface area contributed by atoms with Crippen molar-refractivity contribution in [2.24, 2.45) is 0 Å². The van der Waals surface area contributed by atoms with Crippen LogP contribution >= 0.6 is 0 Å². The Balaban J connectivity index is 1.57. The van der Waals surface area contributed by atoms with Crippen LogP contribution in [0.15, 0.2) is 18.5 Å². The van der Waals surface area contributed by atoms with E-state index < -0.39 is 6.36 Å². The Labute approximate surface area is 142 Å². The van der Waals surface area contributed by atoms with Crippen molar-refractivity contribution in [2.45, 2.75) is 44.7 Å². The Morgan fingerprint density at radius 3 is 3.04 bits per heavy atom. The molecule has 1 aliphatic carbocycles. The van der Waals surface area contributed by atoms with Gasteiger partial charge in [-0.15, -0.1) is 0 Å². The quantitative estimate of drug-likeness (QED) is 0.647. The molecule has 0 amide bonds. The fraction of sp³-hybridized carbons (Fsp3) is 0.467. The van der Waals surface area contributed by atoms with Crippen molar-refractivity contribution >= 4 is 22.8 Å². The number of H-pyrrole nitrogens is 1. The van der Waals surface area contributed by atoms with Crippen LogP contribution in [0.2, 0.25) is 0 Å². The van der Waals surface area contributed by atoms with Gasteiger partial charge in [-0.2, -0.15) is 10.2 Å². The van der Waals surface area contributed by atoms with Gasteiger partial charge in [-0.05, 0) is 19.3 Å². The van der Waals surface area contributed by atoms with Crippen molar-refractivity contribution in [3.8, 4) is 5.88 Å². The Morgan fingerprint density at radius 1 is 1.40 bits per heavy atom. The molecule has 3 aromatic heterocycles. The molecule has 0 spiro atoms. The second kappa shape index (κ2) is 6.28. The molecular formula is C15H18FN7O2. The van der Waals surface area contributed by atoms with Gasteiger partial charge in [0.25, 0.3) is 0 Å². The number of hydrogen-bond donors (Lipinski definition) is 3. The van der Waals surface area contributed by atoms with Gasteiger partial charge in [-0.3, -0.25) is 0 Å². The van der Waals surface area contributed by atoms with Gasteiger partial charge in [0.2, 0.25) is 12.2 Å². The summed E-state index contributed by atoms with van der Waals surface area (Å²) in [5, 5.41) is 23.7. The summed E-state index contributed by atoms with van der Waals surface area (Å²) in [7, 11) is 0. The molecule has 9 nitrogen and oxygen atoms in total.